The van der Waals surface area contributed by atoms with Crippen LogP contribution in [0.25, 0.3) is 0 Å². The molecule has 0 spiro atoms. The highest BCUT2D eigenvalue weighted by Gasteiger charge is 2.32. The van der Waals surface area contributed by atoms with Gasteiger partial charge in [0.15, 0.2) is 0 Å². The molecule has 27 heavy (non-hydrogen) atoms. The van der Waals surface area contributed by atoms with E-state index in [1.54, 1.807) is 4.90 Å². The molecule has 5 nitrogen and oxygen atoms in total. The lowest BCUT2D eigenvalue weighted by atomic mass is 10.1. The molecule has 2 aliphatic rings. The van der Waals surface area contributed by atoms with Gasteiger partial charge in [0.05, 0.1) is 18.0 Å². The first-order valence-electron chi connectivity index (χ1n) is 9.22. The topological polar surface area (TPSA) is 52.7 Å². The fraction of sp³-hybridized carbons (Fsp3) is 0.579. The van der Waals surface area contributed by atoms with E-state index in [2.05, 4.69) is 10.2 Å². The predicted molar refractivity (Wildman–Crippen MR) is 93.9 cm³/mol. The van der Waals surface area contributed by atoms with Crippen LogP contribution in [0.3, 0.4) is 0 Å². The largest absolute Gasteiger partial charge is 0.416 e. The first-order chi connectivity index (χ1) is 12.7. The van der Waals surface area contributed by atoms with Crippen molar-refractivity contribution >= 4 is 11.8 Å². The average Bonchev–Trinajstić information content (AvgIpc) is 3.45. The van der Waals surface area contributed by atoms with Crippen molar-refractivity contribution in [2.75, 3.05) is 26.2 Å². The molecule has 0 bridgehead atoms. The Hall–Kier alpha value is -2.09. The minimum Gasteiger partial charge on any atom is -0.352 e. The maximum absolute atomic E-state index is 12.6. The van der Waals surface area contributed by atoms with Gasteiger partial charge in [-0.25, -0.2) is 0 Å². The number of carbonyl (C=O) groups excluding carboxylic acids is 2. The van der Waals surface area contributed by atoms with Gasteiger partial charge in [-0.05, 0) is 37.5 Å². The zero-order chi connectivity index (χ0) is 19.6. The molecular formula is C19H24F3N3O2. The number of amides is 2. The van der Waals surface area contributed by atoms with E-state index in [0.717, 1.165) is 25.0 Å². The molecule has 8 heteroatoms. The third kappa shape index (κ3) is 5.22. The molecule has 1 aromatic carbocycles. The van der Waals surface area contributed by atoms with Gasteiger partial charge in [0.25, 0.3) is 0 Å². The van der Waals surface area contributed by atoms with Gasteiger partial charge < -0.3 is 10.2 Å². The van der Waals surface area contributed by atoms with Gasteiger partial charge in [-0.2, -0.15) is 13.2 Å². The molecule has 1 atom stereocenters. The quantitative estimate of drug-likeness (QED) is 0.847. The number of hydrogen-bond donors (Lipinski definition) is 1. The molecule has 2 amide bonds. The summed E-state index contributed by atoms with van der Waals surface area (Å²) in [6, 6.07) is 4.80. The van der Waals surface area contributed by atoms with E-state index in [4.69, 9.17) is 0 Å². The summed E-state index contributed by atoms with van der Waals surface area (Å²) in [7, 11) is 0. The van der Waals surface area contributed by atoms with Crippen molar-refractivity contribution in [2.24, 2.45) is 0 Å². The van der Waals surface area contributed by atoms with Gasteiger partial charge in [-0.1, -0.05) is 12.1 Å². The van der Waals surface area contributed by atoms with Crippen LogP contribution < -0.4 is 5.32 Å². The van der Waals surface area contributed by atoms with E-state index in [9.17, 15) is 22.8 Å². The number of carbonyl (C=O) groups is 2. The van der Waals surface area contributed by atoms with E-state index in [-0.39, 0.29) is 24.3 Å². The summed E-state index contributed by atoms with van der Waals surface area (Å²) in [4.78, 5) is 28.3. The average molecular weight is 383 g/mol. The van der Waals surface area contributed by atoms with Crippen LogP contribution in [0.1, 0.15) is 30.9 Å². The number of alkyl halides is 3. The van der Waals surface area contributed by atoms with Crippen molar-refractivity contribution in [1.82, 2.24) is 15.1 Å². The van der Waals surface area contributed by atoms with Gasteiger partial charge >= 0.3 is 6.18 Å². The molecule has 0 aromatic heterocycles. The number of halogens is 3. The fourth-order valence-electron chi connectivity index (χ4n) is 3.17. The molecule has 0 radical (unpaired) electrons. The van der Waals surface area contributed by atoms with Crippen molar-refractivity contribution in [3.8, 4) is 0 Å². The number of hydrogen-bond acceptors (Lipinski definition) is 3. The predicted octanol–water partition coefficient (Wildman–Crippen LogP) is 2.06. The Kier molecular flexibility index (Phi) is 5.74. The van der Waals surface area contributed by atoms with Crippen LogP contribution in [0.2, 0.25) is 0 Å². The van der Waals surface area contributed by atoms with Crippen molar-refractivity contribution in [3.63, 3.8) is 0 Å². The second-order valence-electron chi connectivity index (χ2n) is 7.25. The highest BCUT2D eigenvalue weighted by atomic mass is 19.4. The van der Waals surface area contributed by atoms with E-state index in [0.29, 0.717) is 37.8 Å². The van der Waals surface area contributed by atoms with Crippen LogP contribution in [0, 0.1) is 0 Å². The Bertz CT molecular complexity index is 678. The maximum atomic E-state index is 12.6. The number of rotatable bonds is 5. The number of piperazine rings is 1. The lowest BCUT2D eigenvalue weighted by Gasteiger charge is -2.37. The summed E-state index contributed by atoms with van der Waals surface area (Å²) in [6.45, 7) is 4.12. The maximum Gasteiger partial charge on any atom is 0.416 e. The number of nitrogens with zero attached hydrogens (tertiary/aromatic N) is 2. The molecule has 1 unspecified atom stereocenters. The van der Waals surface area contributed by atoms with Crippen LogP contribution >= 0.6 is 0 Å². The Morgan fingerprint density at radius 2 is 1.70 bits per heavy atom. The van der Waals surface area contributed by atoms with Crippen LogP contribution in [0.15, 0.2) is 24.3 Å². The van der Waals surface area contributed by atoms with Gasteiger partial charge in [0.2, 0.25) is 11.8 Å². The first-order valence-corrected chi connectivity index (χ1v) is 9.22. The summed E-state index contributed by atoms with van der Waals surface area (Å²) in [6.07, 6.45) is -2.20. The summed E-state index contributed by atoms with van der Waals surface area (Å²) in [5.74, 6) is -0.0773. The van der Waals surface area contributed by atoms with Gasteiger partial charge in [-0.15, -0.1) is 0 Å². The van der Waals surface area contributed by atoms with Crippen molar-refractivity contribution in [3.05, 3.63) is 35.4 Å². The number of benzene rings is 1. The van der Waals surface area contributed by atoms with E-state index >= 15 is 0 Å². The SMILES string of the molecule is CC(C(=O)NC1CC1)N1CCN(C(=O)Cc2ccc(C(F)(F)F)cc2)CC1. The van der Waals surface area contributed by atoms with Gasteiger partial charge in [-0.3, -0.25) is 14.5 Å². The molecule has 2 fully saturated rings. The Balaban J connectivity index is 1.47. The second kappa shape index (κ2) is 7.88. The molecule has 1 saturated heterocycles. The molecule has 1 saturated carbocycles. The highest BCUT2D eigenvalue weighted by Crippen LogP contribution is 2.29. The monoisotopic (exact) mass is 383 g/mol. The van der Waals surface area contributed by atoms with Gasteiger partial charge in [0, 0.05) is 32.2 Å². The lowest BCUT2D eigenvalue weighted by molar-refractivity contribution is -0.137. The molecule has 1 heterocycles. The molecular weight excluding hydrogens is 359 g/mol. The highest BCUT2D eigenvalue weighted by molar-refractivity contribution is 5.82. The summed E-state index contributed by atoms with van der Waals surface area (Å²) >= 11 is 0. The van der Waals surface area contributed by atoms with Crippen LogP contribution in [0.4, 0.5) is 13.2 Å². The summed E-state index contributed by atoms with van der Waals surface area (Å²) in [5, 5.41) is 2.99. The fourth-order valence-corrected chi connectivity index (χ4v) is 3.17. The standard InChI is InChI=1S/C19H24F3N3O2/c1-13(18(27)23-16-6-7-16)24-8-10-25(11-9-24)17(26)12-14-2-4-15(5-3-14)19(20,21)22/h2-5,13,16H,6-12H2,1H3,(H,23,27). The smallest absolute Gasteiger partial charge is 0.352 e. The van der Waals surface area contributed by atoms with E-state index in [1.165, 1.54) is 12.1 Å². The van der Waals surface area contributed by atoms with Crippen LogP contribution in [-0.2, 0) is 22.2 Å². The Morgan fingerprint density at radius 1 is 1.11 bits per heavy atom. The third-order valence-electron chi connectivity index (χ3n) is 5.15. The first kappa shape index (κ1) is 19.7. The second-order valence-corrected chi connectivity index (χ2v) is 7.25. The lowest BCUT2D eigenvalue weighted by Crippen LogP contribution is -2.55. The molecule has 148 valence electrons. The van der Waals surface area contributed by atoms with Crippen LogP contribution in [-0.4, -0.2) is 59.9 Å². The van der Waals surface area contributed by atoms with Gasteiger partial charge in [0.1, 0.15) is 0 Å². The molecule has 1 N–H and O–H groups in total. The Morgan fingerprint density at radius 3 is 2.22 bits per heavy atom. The molecule has 3 rings (SSSR count). The number of nitrogens with one attached hydrogen (secondary N) is 1. The van der Waals surface area contributed by atoms with Crippen LogP contribution in [0.5, 0.6) is 0 Å². The van der Waals surface area contributed by atoms with Crippen molar-refractivity contribution in [1.29, 1.82) is 0 Å². The third-order valence-corrected chi connectivity index (χ3v) is 5.15. The van der Waals surface area contributed by atoms with E-state index in [1.807, 2.05) is 6.92 Å². The zero-order valence-corrected chi connectivity index (χ0v) is 15.3. The summed E-state index contributed by atoms with van der Waals surface area (Å²) in [5.41, 5.74) is -0.154. The normalized spacial score (nSPS) is 19.6. The van der Waals surface area contributed by atoms with E-state index < -0.39 is 11.7 Å². The molecule has 1 aliphatic heterocycles. The molecule has 1 aromatic rings. The molecule has 1 aliphatic carbocycles. The minimum atomic E-state index is -4.37. The zero-order valence-electron chi connectivity index (χ0n) is 15.3. The summed E-state index contributed by atoms with van der Waals surface area (Å²) < 4.78 is 37.8. The minimum absolute atomic E-state index is 0.0297. The van der Waals surface area contributed by atoms with Crippen molar-refractivity contribution in [2.45, 2.75) is 44.4 Å². The van der Waals surface area contributed by atoms with Crippen molar-refractivity contribution < 1.29 is 22.8 Å². The Labute approximate surface area is 156 Å².